The minimum Gasteiger partial charge on any atom is -0.444 e. The summed E-state index contributed by atoms with van der Waals surface area (Å²) in [6.45, 7) is 8.60. The van der Waals surface area contributed by atoms with Crippen molar-refractivity contribution in [3.8, 4) is 11.1 Å². The lowest BCUT2D eigenvalue weighted by molar-refractivity contribution is 0.0105. The van der Waals surface area contributed by atoms with Crippen molar-refractivity contribution in [3.63, 3.8) is 0 Å². The molecule has 2 heterocycles. The number of likely N-dealkylation sites (tertiary alicyclic amines) is 1. The van der Waals surface area contributed by atoms with E-state index in [1.54, 1.807) is 23.4 Å². The molecule has 1 saturated heterocycles. The van der Waals surface area contributed by atoms with Gasteiger partial charge in [-0.15, -0.1) is 0 Å². The number of carbonyl (C=O) groups is 1. The highest BCUT2D eigenvalue weighted by Gasteiger charge is 2.33. The van der Waals surface area contributed by atoms with Gasteiger partial charge in [0.1, 0.15) is 11.4 Å². The second kappa shape index (κ2) is 7.59. The van der Waals surface area contributed by atoms with E-state index < -0.39 is 5.60 Å². The summed E-state index contributed by atoms with van der Waals surface area (Å²) in [5, 5.41) is 5.46. The van der Waals surface area contributed by atoms with Crippen LogP contribution in [0, 0.1) is 12.7 Å². The maximum atomic E-state index is 14.6. The Labute approximate surface area is 175 Å². The van der Waals surface area contributed by atoms with Gasteiger partial charge in [-0.05, 0) is 63.1 Å². The fourth-order valence-corrected chi connectivity index (χ4v) is 3.74. The molecule has 156 valence electrons. The van der Waals surface area contributed by atoms with Crippen LogP contribution in [0.1, 0.15) is 26.3 Å². The summed E-state index contributed by atoms with van der Waals surface area (Å²) < 4.78 is 20.0. The van der Waals surface area contributed by atoms with Crippen LogP contribution in [0.5, 0.6) is 0 Å². The number of hydrogen-bond donors (Lipinski definition) is 1. The molecule has 4 rings (SSSR count). The Morgan fingerprint density at radius 1 is 1.23 bits per heavy atom. The standard InChI is InChI=1S/C24H26FN3O2/c1-15-6-5-7-20(25)22(15)16-10-17-12-26-9-8-19(17)21(11-16)27-18-13-28(14-18)23(29)30-24(2,3)4/h5-12,18,27H,13-14H2,1-4H3. The average molecular weight is 407 g/mol. The zero-order chi connectivity index (χ0) is 21.5. The molecule has 0 spiro atoms. The van der Waals surface area contributed by atoms with Gasteiger partial charge in [0.15, 0.2) is 0 Å². The predicted molar refractivity (Wildman–Crippen MR) is 117 cm³/mol. The lowest BCUT2D eigenvalue weighted by Gasteiger charge is -2.40. The maximum Gasteiger partial charge on any atom is 0.410 e. The molecule has 5 nitrogen and oxygen atoms in total. The van der Waals surface area contributed by atoms with Crippen molar-refractivity contribution in [2.45, 2.75) is 39.3 Å². The van der Waals surface area contributed by atoms with E-state index in [2.05, 4.69) is 10.3 Å². The summed E-state index contributed by atoms with van der Waals surface area (Å²) in [5.74, 6) is -0.246. The van der Waals surface area contributed by atoms with Gasteiger partial charge in [0.25, 0.3) is 0 Å². The molecular weight excluding hydrogens is 381 g/mol. The minimum absolute atomic E-state index is 0.103. The molecule has 1 amide bonds. The molecule has 6 heteroatoms. The van der Waals surface area contributed by atoms with E-state index in [1.165, 1.54) is 6.07 Å². The Morgan fingerprint density at radius 3 is 2.70 bits per heavy atom. The monoisotopic (exact) mass is 407 g/mol. The highest BCUT2D eigenvalue weighted by molar-refractivity contribution is 5.97. The van der Waals surface area contributed by atoms with Gasteiger partial charge in [0.05, 0.1) is 6.04 Å². The Balaban J connectivity index is 1.60. The van der Waals surface area contributed by atoms with Crippen molar-refractivity contribution in [1.29, 1.82) is 0 Å². The van der Waals surface area contributed by atoms with Crippen molar-refractivity contribution >= 4 is 22.6 Å². The molecular formula is C24H26FN3O2. The number of aryl methyl sites for hydroxylation is 1. The first kappa shape index (κ1) is 20.1. The number of halogens is 1. The zero-order valence-electron chi connectivity index (χ0n) is 17.7. The van der Waals surface area contributed by atoms with Crippen LogP contribution in [-0.2, 0) is 4.74 Å². The molecule has 1 aliphatic heterocycles. The van der Waals surface area contributed by atoms with Crippen LogP contribution in [0.2, 0.25) is 0 Å². The second-order valence-corrected chi connectivity index (χ2v) is 8.78. The number of hydrogen-bond acceptors (Lipinski definition) is 4. The van der Waals surface area contributed by atoms with Crippen LogP contribution in [0.4, 0.5) is 14.9 Å². The molecule has 1 aromatic heterocycles. The molecule has 1 fully saturated rings. The number of nitrogens with zero attached hydrogens (tertiary/aromatic N) is 2. The number of anilines is 1. The first-order valence-electron chi connectivity index (χ1n) is 10.1. The predicted octanol–water partition coefficient (Wildman–Crippen LogP) is 5.38. The molecule has 0 aliphatic carbocycles. The molecule has 1 aliphatic rings. The normalized spacial score (nSPS) is 14.5. The lowest BCUT2D eigenvalue weighted by Crippen LogP contribution is -2.57. The maximum absolute atomic E-state index is 14.6. The number of nitrogens with one attached hydrogen (secondary N) is 1. The van der Waals surface area contributed by atoms with Crippen LogP contribution in [-0.4, -0.2) is 40.7 Å². The van der Waals surface area contributed by atoms with Gasteiger partial charge >= 0.3 is 6.09 Å². The van der Waals surface area contributed by atoms with Crippen molar-refractivity contribution in [1.82, 2.24) is 9.88 Å². The fraction of sp³-hybridized carbons (Fsp3) is 0.333. The van der Waals surface area contributed by atoms with E-state index in [4.69, 9.17) is 4.74 Å². The van der Waals surface area contributed by atoms with Crippen molar-refractivity contribution in [2.75, 3.05) is 18.4 Å². The smallest absolute Gasteiger partial charge is 0.410 e. The largest absolute Gasteiger partial charge is 0.444 e. The number of amides is 1. The van der Waals surface area contributed by atoms with E-state index in [1.807, 2.05) is 52.0 Å². The second-order valence-electron chi connectivity index (χ2n) is 8.78. The summed E-state index contributed by atoms with van der Waals surface area (Å²) in [7, 11) is 0. The molecule has 0 radical (unpaired) electrons. The third-order valence-corrected chi connectivity index (χ3v) is 5.16. The summed E-state index contributed by atoms with van der Waals surface area (Å²) >= 11 is 0. The minimum atomic E-state index is -0.509. The first-order valence-corrected chi connectivity index (χ1v) is 10.1. The van der Waals surface area contributed by atoms with Crippen molar-refractivity contribution < 1.29 is 13.9 Å². The molecule has 0 atom stereocenters. The number of aromatic nitrogens is 1. The molecule has 2 aromatic carbocycles. The van der Waals surface area contributed by atoms with Gasteiger partial charge < -0.3 is 15.0 Å². The summed E-state index contributed by atoms with van der Waals surface area (Å²) in [6, 6.07) is 11.1. The lowest BCUT2D eigenvalue weighted by atomic mass is 9.96. The number of carbonyl (C=O) groups excluding carboxylic acids is 1. The summed E-state index contributed by atoms with van der Waals surface area (Å²) in [6.07, 6.45) is 3.23. The number of ether oxygens (including phenoxy) is 1. The van der Waals surface area contributed by atoms with Crippen LogP contribution < -0.4 is 5.32 Å². The number of pyridine rings is 1. The van der Waals surface area contributed by atoms with Crippen molar-refractivity contribution in [3.05, 3.63) is 60.2 Å². The summed E-state index contributed by atoms with van der Waals surface area (Å²) in [4.78, 5) is 18.1. The van der Waals surface area contributed by atoms with E-state index in [-0.39, 0.29) is 18.0 Å². The molecule has 0 saturated carbocycles. The molecule has 30 heavy (non-hydrogen) atoms. The molecule has 0 unspecified atom stereocenters. The molecule has 1 N–H and O–H groups in total. The highest BCUT2D eigenvalue weighted by Crippen LogP contribution is 2.34. The quantitative estimate of drug-likeness (QED) is 0.633. The van der Waals surface area contributed by atoms with Crippen LogP contribution in [0.15, 0.2) is 48.8 Å². The van der Waals surface area contributed by atoms with E-state index in [0.717, 1.165) is 27.6 Å². The Hall–Kier alpha value is -3.15. The van der Waals surface area contributed by atoms with Gasteiger partial charge in [-0.3, -0.25) is 4.98 Å². The molecule has 0 bridgehead atoms. The third-order valence-electron chi connectivity index (χ3n) is 5.16. The average Bonchev–Trinajstić information content (AvgIpc) is 2.62. The topological polar surface area (TPSA) is 54.5 Å². The zero-order valence-corrected chi connectivity index (χ0v) is 17.7. The Kier molecular flexibility index (Phi) is 5.10. The van der Waals surface area contributed by atoms with Crippen molar-refractivity contribution in [2.24, 2.45) is 0 Å². The van der Waals surface area contributed by atoms with Gasteiger partial charge in [-0.1, -0.05) is 12.1 Å². The number of benzene rings is 2. The van der Waals surface area contributed by atoms with Gasteiger partial charge in [0, 0.05) is 47.5 Å². The highest BCUT2D eigenvalue weighted by atomic mass is 19.1. The Morgan fingerprint density at radius 2 is 2.00 bits per heavy atom. The van der Waals surface area contributed by atoms with Crippen LogP contribution >= 0.6 is 0 Å². The third kappa shape index (κ3) is 4.08. The van der Waals surface area contributed by atoms with Crippen LogP contribution in [0.3, 0.4) is 0 Å². The van der Waals surface area contributed by atoms with Gasteiger partial charge in [-0.25, -0.2) is 9.18 Å². The number of rotatable bonds is 3. The number of fused-ring (bicyclic) bond motifs is 1. The molecule has 3 aromatic rings. The SMILES string of the molecule is Cc1cccc(F)c1-c1cc(NC2CN(C(=O)OC(C)(C)C)C2)c2ccncc2c1. The summed E-state index contributed by atoms with van der Waals surface area (Å²) in [5.41, 5.74) is 2.67. The van der Waals surface area contributed by atoms with Gasteiger partial charge in [-0.2, -0.15) is 0 Å². The van der Waals surface area contributed by atoms with Gasteiger partial charge in [0.2, 0.25) is 0 Å². The van der Waals surface area contributed by atoms with E-state index in [0.29, 0.717) is 18.7 Å². The van der Waals surface area contributed by atoms with Crippen LogP contribution in [0.25, 0.3) is 21.9 Å². The first-order chi connectivity index (χ1) is 14.2. The van der Waals surface area contributed by atoms with E-state index in [9.17, 15) is 9.18 Å². The van der Waals surface area contributed by atoms with E-state index >= 15 is 0 Å². The fourth-order valence-electron chi connectivity index (χ4n) is 3.74. The Bertz CT molecular complexity index is 1080.